The maximum atomic E-state index is 12.4. The number of ether oxygens (including phenoxy) is 1. The van der Waals surface area contributed by atoms with Crippen LogP contribution in [0.3, 0.4) is 0 Å². The Labute approximate surface area is 108 Å². The largest absolute Gasteiger partial charge is 0.480 e. The zero-order valence-corrected chi connectivity index (χ0v) is 11.8. The molecule has 18 heavy (non-hydrogen) atoms. The molecule has 0 aliphatic carbocycles. The molecule has 106 valence electrons. The molecule has 1 heterocycles. The number of aliphatic carboxylic acids is 1. The van der Waals surface area contributed by atoms with Crippen molar-refractivity contribution in [1.82, 2.24) is 4.31 Å². The van der Waals surface area contributed by atoms with E-state index in [4.69, 9.17) is 9.84 Å². The first kappa shape index (κ1) is 15.4. The van der Waals surface area contributed by atoms with Gasteiger partial charge in [-0.3, -0.25) is 4.79 Å². The van der Waals surface area contributed by atoms with E-state index in [-0.39, 0.29) is 12.1 Å². The Kier molecular flexibility index (Phi) is 5.12. The Hall–Kier alpha value is -0.660. The lowest BCUT2D eigenvalue weighted by Crippen LogP contribution is -2.47. The summed E-state index contributed by atoms with van der Waals surface area (Å²) in [6, 6.07) is -0.357. The van der Waals surface area contributed by atoms with Crippen molar-refractivity contribution in [3.8, 4) is 0 Å². The summed E-state index contributed by atoms with van der Waals surface area (Å²) in [6.45, 7) is 5.13. The van der Waals surface area contributed by atoms with Crippen molar-refractivity contribution in [3.63, 3.8) is 0 Å². The quantitative estimate of drug-likeness (QED) is 0.800. The van der Waals surface area contributed by atoms with Crippen LogP contribution < -0.4 is 0 Å². The van der Waals surface area contributed by atoms with Gasteiger partial charge in [0.2, 0.25) is 10.0 Å². The van der Waals surface area contributed by atoms with Crippen molar-refractivity contribution in [2.24, 2.45) is 0 Å². The first-order chi connectivity index (χ1) is 8.25. The third kappa shape index (κ3) is 3.66. The van der Waals surface area contributed by atoms with Gasteiger partial charge in [-0.25, -0.2) is 8.42 Å². The van der Waals surface area contributed by atoms with Crippen LogP contribution in [0, 0.1) is 0 Å². The van der Waals surface area contributed by atoms with Crippen LogP contribution in [-0.2, 0) is 19.6 Å². The molecule has 0 aromatic heterocycles. The van der Waals surface area contributed by atoms with Crippen LogP contribution in [0.4, 0.5) is 0 Å². The van der Waals surface area contributed by atoms with E-state index in [2.05, 4.69) is 0 Å². The number of carbonyl (C=O) groups is 1. The van der Waals surface area contributed by atoms with Gasteiger partial charge in [0.15, 0.2) is 0 Å². The molecule has 1 fully saturated rings. The molecule has 0 aromatic rings. The molecular weight excluding hydrogens is 258 g/mol. The highest BCUT2D eigenvalue weighted by atomic mass is 32.2. The molecule has 1 aliphatic rings. The Morgan fingerprint density at radius 2 is 2.11 bits per heavy atom. The number of hydrogen-bond acceptors (Lipinski definition) is 4. The van der Waals surface area contributed by atoms with E-state index in [0.29, 0.717) is 19.4 Å². The summed E-state index contributed by atoms with van der Waals surface area (Å²) >= 11 is 0. The normalized spacial score (nSPS) is 25.6. The monoisotopic (exact) mass is 279 g/mol. The molecular formula is C11H21NO5S. The van der Waals surface area contributed by atoms with E-state index in [0.717, 1.165) is 4.31 Å². The van der Waals surface area contributed by atoms with Gasteiger partial charge in [0.25, 0.3) is 0 Å². The number of carboxylic acid groups (broad SMARTS) is 1. The third-order valence-electron chi connectivity index (χ3n) is 3.05. The smallest absolute Gasteiger partial charge is 0.318 e. The van der Waals surface area contributed by atoms with Crippen molar-refractivity contribution in [3.05, 3.63) is 0 Å². The molecule has 0 bridgehead atoms. The topological polar surface area (TPSA) is 83.9 Å². The van der Waals surface area contributed by atoms with Crippen LogP contribution in [0.1, 0.15) is 33.6 Å². The third-order valence-corrected chi connectivity index (χ3v) is 5.53. The molecule has 1 rings (SSSR count). The fourth-order valence-corrected chi connectivity index (χ4v) is 4.29. The second-order valence-electron chi connectivity index (χ2n) is 4.91. The number of carboxylic acids is 1. The molecule has 1 aliphatic heterocycles. The zero-order chi connectivity index (χ0) is 13.9. The van der Waals surface area contributed by atoms with Crippen LogP contribution in [0.15, 0.2) is 0 Å². The van der Waals surface area contributed by atoms with Gasteiger partial charge < -0.3 is 9.84 Å². The van der Waals surface area contributed by atoms with E-state index in [1.165, 1.54) is 0 Å². The zero-order valence-electron chi connectivity index (χ0n) is 11.0. The second-order valence-corrected chi connectivity index (χ2v) is 7.07. The summed E-state index contributed by atoms with van der Waals surface area (Å²) < 4.78 is 31.2. The van der Waals surface area contributed by atoms with Crippen LogP contribution >= 0.6 is 0 Å². The van der Waals surface area contributed by atoms with Gasteiger partial charge in [-0.2, -0.15) is 4.31 Å². The summed E-state index contributed by atoms with van der Waals surface area (Å²) in [7, 11) is -3.58. The minimum atomic E-state index is -3.58. The van der Waals surface area contributed by atoms with Gasteiger partial charge in [0, 0.05) is 12.6 Å². The number of nitrogens with zero attached hydrogens (tertiary/aromatic N) is 1. The standard InChI is InChI=1S/C11H21NO5S/c1-8(2)12(7-11(13)14)18(15,16)10-4-5-17-9(3)6-10/h8-10H,4-7H2,1-3H3,(H,13,14). The molecule has 1 N–H and O–H groups in total. The lowest BCUT2D eigenvalue weighted by molar-refractivity contribution is -0.137. The van der Waals surface area contributed by atoms with Crippen molar-refractivity contribution in [2.75, 3.05) is 13.2 Å². The summed E-state index contributed by atoms with van der Waals surface area (Å²) in [6.07, 6.45) is 0.748. The fourth-order valence-electron chi connectivity index (χ4n) is 2.12. The number of rotatable bonds is 5. The van der Waals surface area contributed by atoms with Crippen molar-refractivity contribution < 1.29 is 23.1 Å². The SMILES string of the molecule is CC1CC(S(=O)(=O)N(CC(=O)O)C(C)C)CCO1. The van der Waals surface area contributed by atoms with Crippen LogP contribution in [0.25, 0.3) is 0 Å². The van der Waals surface area contributed by atoms with Gasteiger partial charge in [-0.05, 0) is 33.6 Å². The molecule has 0 saturated carbocycles. The van der Waals surface area contributed by atoms with Crippen molar-refractivity contribution in [1.29, 1.82) is 0 Å². The number of hydrogen-bond donors (Lipinski definition) is 1. The maximum Gasteiger partial charge on any atom is 0.318 e. The average molecular weight is 279 g/mol. The summed E-state index contributed by atoms with van der Waals surface area (Å²) in [4.78, 5) is 10.8. The summed E-state index contributed by atoms with van der Waals surface area (Å²) in [5.41, 5.74) is 0. The van der Waals surface area contributed by atoms with E-state index in [1.807, 2.05) is 6.92 Å². The van der Waals surface area contributed by atoms with Crippen molar-refractivity contribution >= 4 is 16.0 Å². The van der Waals surface area contributed by atoms with Gasteiger partial charge in [0.1, 0.15) is 6.54 Å². The molecule has 0 spiro atoms. The minimum absolute atomic E-state index is 0.0997. The fraction of sp³-hybridized carbons (Fsp3) is 0.909. The number of sulfonamides is 1. The molecule has 0 radical (unpaired) electrons. The first-order valence-corrected chi connectivity index (χ1v) is 7.59. The van der Waals surface area contributed by atoms with E-state index >= 15 is 0 Å². The highest BCUT2D eigenvalue weighted by Gasteiger charge is 2.37. The van der Waals surface area contributed by atoms with Gasteiger partial charge in [0.05, 0.1) is 11.4 Å². The summed E-state index contributed by atoms with van der Waals surface area (Å²) in [5, 5.41) is 8.28. The maximum absolute atomic E-state index is 12.4. The Balaban J connectivity index is 2.90. The lowest BCUT2D eigenvalue weighted by atomic mass is 10.1. The molecule has 0 aromatic carbocycles. The predicted octanol–water partition coefficient (Wildman–Crippen LogP) is 0.679. The van der Waals surface area contributed by atoms with E-state index < -0.39 is 27.8 Å². The minimum Gasteiger partial charge on any atom is -0.480 e. The molecule has 2 unspecified atom stereocenters. The molecule has 1 saturated heterocycles. The molecule has 2 atom stereocenters. The van der Waals surface area contributed by atoms with Crippen LogP contribution in [-0.4, -0.2) is 54.3 Å². The van der Waals surface area contributed by atoms with E-state index in [1.54, 1.807) is 13.8 Å². The van der Waals surface area contributed by atoms with Crippen LogP contribution in [0.2, 0.25) is 0 Å². The average Bonchev–Trinajstić information content (AvgIpc) is 2.25. The second kappa shape index (κ2) is 5.99. The Bertz CT molecular complexity index is 392. The lowest BCUT2D eigenvalue weighted by Gasteiger charge is -2.33. The highest BCUT2D eigenvalue weighted by molar-refractivity contribution is 7.89. The van der Waals surface area contributed by atoms with E-state index in [9.17, 15) is 13.2 Å². The van der Waals surface area contributed by atoms with Gasteiger partial charge in [-0.1, -0.05) is 0 Å². The molecule has 0 amide bonds. The van der Waals surface area contributed by atoms with Gasteiger partial charge >= 0.3 is 5.97 Å². The first-order valence-electron chi connectivity index (χ1n) is 6.09. The highest BCUT2D eigenvalue weighted by Crippen LogP contribution is 2.24. The molecule has 6 nitrogen and oxygen atoms in total. The van der Waals surface area contributed by atoms with Crippen LogP contribution in [0.5, 0.6) is 0 Å². The Morgan fingerprint density at radius 1 is 1.50 bits per heavy atom. The summed E-state index contributed by atoms with van der Waals surface area (Å²) in [5.74, 6) is -1.13. The van der Waals surface area contributed by atoms with Gasteiger partial charge in [-0.15, -0.1) is 0 Å². The molecule has 7 heteroatoms. The predicted molar refractivity (Wildman–Crippen MR) is 66.8 cm³/mol. The Morgan fingerprint density at radius 3 is 2.56 bits per heavy atom. The van der Waals surface area contributed by atoms with Crippen molar-refractivity contribution in [2.45, 2.75) is 51.0 Å².